The van der Waals surface area contributed by atoms with Crippen molar-refractivity contribution in [2.24, 2.45) is 5.92 Å². The van der Waals surface area contributed by atoms with Crippen LogP contribution in [0.5, 0.6) is 5.75 Å². The highest BCUT2D eigenvalue weighted by atomic mass is 79.9. The molecule has 1 aliphatic rings. The quantitative estimate of drug-likeness (QED) is 0.850. The number of piperidine rings is 1. The Balaban J connectivity index is 1.93. The fraction of sp³-hybridized carbons (Fsp3) is 0.562. The van der Waals surface area contributed by atoms with Gasteiger partial charge < -0.3 is 15.4 Å². The monoisotopic (exact) mass is 354 g/mol. The minimum Gasteiger partial charge on any atom is -0.495 e. The van der Waals surface area contributed by atoms with Gasteiger partial charge in [0.15, 0.2) is 0 Å². The predicted octanol–water partition coefficient (Wildman–Crippen LogP) is 3.48. The van der Waals surface area contributed by atoms with Crippen LogP contribution < -0.4 is 15.4 Å². The second-order valence-corrected chi connectivity index (χ2v) is 6.50. The van der Waals surface area contributed by atoms with Crippen LogP contribution in [0.25, 0.3) is 0 Å². The average Bonchev–Trinajstić information content (AvgIpc) is 2.48. The molecular formula is C16H23BrN2O2. The number of halogens is 1. The van der Waals surface area contributed by atoms with Crippen LogP contribution in [0, 0.1) is 12.8 Å². The number of rotatable bonds is 5. The summed E-state index contributed by atoms with van der Waals surface area (Å²) in [5.41, 5.74) is 1.77. The molecule has 0 unspecified atom stereocenters. The van der Waals surface area contributed by atoms with Gasteiger partial charge in [-0.15, -0.1) is 0 Å². The second kappa shape index (κ2) is 7.80. The third kappa shape index (κ3) is 4.71. The van der Waals surface area contributed by atoms with Gasteiger partial charge in [-0.2, -0.15) is 0 Å². The van der Waals surface area contributed by atoms with Crippen molar-refractivity contribution in [3.05, 3.63) is 22.2 Å². The first-order chi connectivity index (χ1) is 10.1. The maximum absolute atomic E-state index is 12.2. The van der Waals surface area contributed by atoms with E-state index in [9.17, 15) is 4.79 Å². The number of nitrogens with one attached hydrogen (secondary N) is 2. The highest BCUT2D eigenvalue weighted by Crippen LogP contribution is 2.32. The normalized spacial score (nSPS) is 15.8. The molecule has 2 N–H and O–H groups in total. The number of hydrogen-bond acceptors (Lipinski definition) is 3. The molecule has 0 atom stereocenters. The van der Waals surface area contributed by atoms with E-state index < -0.39 is 0 Å². The van der Waals surface area contributed by atoms with E-state index in [-0.39, 0.29) is 5.91 Å². The molecule has 4 nitrogen and oxygen atoms in total. The number of methoxy groups -OCH3 is 1. The molecule has 116 valence electrons. The number of carbonyl (C=O) groups excluding carboxylic acids is 1. The summed E-state index contributed by atoms with van der Waals surface area (Å²) in [6.45, 7) is 4.12. The van der Waals surface area contributed by atoms with Crippen LogP contribution in [0.15, 0.2) is 16.6 Å². The Labute approximate surface area is 134 Å². The van der Waals surface area contributed by atoms with Crippen LogP contribution in [0.3, 0.4) is 0 Å². The van der Waals surface area contributed by atoms with Gasteiger partial charge in [-0.1, -0.05) is 15.9 Å². The van der Waals surface area contributed by atoms with Crippen molar-refractivity contribution in [3.63, 3.8) is 0 Å². The molecule has 1 saturated heterocycles. The van der Waals surface area contributed by atoms with Gasteiger partial charge in [-0.3, -0.25) is 4.79 Å². The fourth-order valence-corrected chi connectivity index (χ4v) is 3.29. The van der Waals surface area contributed by atoms with Gasteiger partial charge in [0.1, 0.15) is 5.75 Å². The van der Waals surface area contributed by atoms with E-state index in [1.54, 1.807) is 7.11 Å². The van der Waals surface area contributed by atoms with E-state index in [2.05, 4.69) is 26.6 Å². The average molecular weight is 355 g/mol. The van der Waals surface area contributed by atoms with Gasteiger partial charge in [0.2, 0.25) is 5.91 Å². The number of amides is 1. The standard InChI is InChI=1S/C16H23BrN2O2/c1-11-9-13(17)10-14(21-2)16(11)19-15(20)4-3-12-5-7-18-8-6-12/h9-10,12,18H,3-8H2,1-2H3,(H,19,20). The van der Waals surface area contributed by atoms with Gasteiger partial charge >= 0.3 is 0 Å². The van der Waals surface area contributed by atoms with Gasteiger partial charge in [0.05, 0.1) is 12.8 Å². The van der Waals surface area contributed by atoms with Crippen molar-refractivity contribution in [1.82, 2.24) is 5.32 Å². The molecule has 1 aromatic rings. The van der Waals surface area contributed by atoms with Crippen molar-refractivity contribution >= 4 is 27.5 Å². The third-order valence-electron chi connectivity index (χ3n) is 3.99. The Morgan fingerprint density at radius 3 is 2.81 bits per heavy atom. The molecule has 0 aromatic heterocycles. The Morgan fingerprint density at radius 1 is 1.43 bits per heavy atom. The van der Waals surface area contributed by atoms with E-state index >= 15 is 0 Å². The molecule has 1 aliphatic heterocycles. The fourth-order valence-electron chi connectivity index (χ4n) is 2.74. The SMILES string of the molecule is COc1cc(Br)cc(C)c1NC(=O)CCC1CCNCC1. The Morgan fingerprint density at radius 2 is 2.14 bits per heavy atom. The maximum Gasteiger partial charge on any atom is 0.224 e. The van der Waals surface area contributed by atoms with Crippen molar-refractivity contribution in [3.8, 4) is 5.75 Å². The molecule has 5 heteroatoms. The summed E-state index contributed by atoms with van der Waals surface area (Å²) in [6.07, 6.45) is 3.89. The first kappa shape index (κ1) is 16.3. The number of hydrogen-bond donors (Lipinski definition) is 2. The molecule has 1 fully saturated rings. The zero-order chi connectivity index (χ0) is 15.2. The third-order valence-corrected chi connectivity index (χ3v) is 4.44. The van der Waals surface area contributed by atoms with Gasteiger partial charge in [-0.05, 0) is 62.9 Å². The molecular weight excluding hydrogens is 332 g/mol. The summed E-state index contributed by atoms with van der Waals surface area (Å²) in [5, 5.41) is 6.34. The van der Waals surface area contributed by atoms with Gasteiger partial charge in [0.25, 0.3) is 0 Å². The van der Waals surface area contributed by atoms with Crippen molar-refractivity contribution in [2.45, 2.75) is 32.6 Å². The first-order valence-corrected chi connectivity index (χ1v) is 8.24. The molecule has 0 bridgehead atoms. The van der Waals surface area contributed by atoms with E-state index in [1.165, 1.54) is 12.8 Å². The largest absolute Gasteiger partial charge is 0.495 e. The highest BCUT2D eigenvalue weighted by molar-refractivity contribution is 9.10. The zero-order valence-corrected chi connectivity index (χ0v) is 14.3. The highest BCUT2D eigenvalue weighted by Gasteiger charge is 2.16. The molecule has 1 heterocycles. The lowest BCUT2D eigenvalue weighted by molar-refractivity contribution is -0.116. The molecule has 0 radical (unpaired) electrons. The topological polar surface area (TPSA) is 50.4 Å². The number of ether oxygens (including phenoxy) is 1. The van der Waals surface area contributed by atoms with E-state index in [1.807, 2.05) is 19.1 Å². The molecule has 0 spiro atoms. The zero-order valence-electron chi connectivity index (χ0n) is 12.7. The van der Waals surface area contributed by atoms with Crippen LogP contribution in [0.2, 0.25) is 0 Å². The van der Waals surface area contributed by atoms with Crippen LogP contribution in [0.4, 0.5) is 5.69 Å². The van der Waals surface area contributed by atoms with E-state index in [0.717, 1.165) is 35.2 Å². The van der Waals surface area contributed by atoms with Crippen molar-refractivity contribution in [1.29, 1.82) is 0 Å². The Kier molecular flexibility index (Phi) is 6.06. The lowest BCUT2D eigenvalue weighted by Gasteiger charge is -2.22. The Bertz CT molecular complexity index is 499. The number of aryl methyl sites for hydroxylation is 1. The summed E-state index contributed by atoms with van der Waals surface area (Å²) in [6, 6.07) is 3.85. The predicted molar refractivity (Wildman–Crippen MR) is 88.9 cm³/mol. The van der Waals surface area contributed by atoms with Crippen LogP contribution in [-0.2, 0) is 4.79 Å². The van der Waals surface area contributed by atoms with Crippen LogP contribution in [0.1, 0.15) is 31.2 Å². The second-order valence-electron chi connectivity index (χ2n) is 5.58. The van der Waals surface area contributed by atoms with E-state index in [0.29, 0.717) is 18.1 Å². The Hall–Kier alpha value is -1.07. The maximum atomic E-state index is 12.2. The van der Waals surface area contributed by atoms with Gasteiger partial charge in [0, 0.05) is 10.9 Å². The minimum absolute atomic E-state index is 0.0669. The molecule has 1 amide bonds. The molecule has 21 heavy (non-hydrogen) atoms. The molecule has 0 saturated carbocycles. The lowest BCUT2D eigenvalue weighted by Crippen LogP contribution is -2.28. The summed E-state index contributed by atoms with van der Waals surface area (Å²) in [4.78, 5) is 12.2. The van der Waals surface area contributed by atoms with Crippen molar-refractivity contribution in [2.75, 3.05) is 25.5 Å². The molecule has 0 aliphatic carbocycles. The van der Waals surface area contributed by atoms with Gasteiger partial charge in [-0.25, -0.2) is 0 Å². The first-order valence-electron chi connectivity index (χ1n) is 7.45. The smallest absolute Gasteiger partial charge is 0.224 e. The summed E-state index contributed by atoms with van der Waals surface area (Å²) < 4.78 is 6.30. The lowest BCUT2D eigenvalue weighted by atomic mass is 9.93. The van der Waals surface area contributed by atoms with Crippen LogP contribution >= 0.6 is 15.9 Å². The number of carbonyl (C=O) groups is 1. The summed E-state index contributed by atoms with van der Waals surface area (Å²) in [5.74, 6) is 1.43. The molecule has 2 rings (SSSR count). The summed E-state index contributed by atoms with van der Waals surface area (Å²) >= 11 is 3.44. The summed E-state index contributed by atoms with van der Waals surface area (Å²) in [7, 11) is 1.62. The van der Waals surface area contributed by atoms with E-state index in [4.69, 9.17) is 4.74 Å². The number of anilines is 1. The van der Waals surface area contributed by atoms with Crippen LogP contribution in [-0.4, -0.2) is 26.1 Å². The molecule has 1 aromatic carbocycles. The number of benzene rings is 1. The van der Waals surface area contributed by atoms with Crippen molar-refractivity contribution < 1.29 is 9.53 Å². The minimum atomic E-state index is 0.0669.